The summed E-state index contributed by atoms with van der Waals surface area (Å²) >= 11 is 1.19. The number of aromatic amines is 1. The van der Waals surface area contributed by atoms with Gasteiger partial charge in [-0.2, -0.15) is 0 Å². The largest absolute Gasteiger partial charge is 0.383 e. The zero-order valence-electron chi connectivity index (χ0n) is 9.47. The van der Waals surface area contributed by atoms with Crippen LogP contribution in [0.1, 0.15) is 12.8 Å². The minimum Gasteiger partial charge on any atom is -0.383 e. The SMILES string of the molecule is CN(C(=O)CSc1nc(N)cc(=O)[nH]1)C1CC1. The molecule has 1 aliphatic carbocycles. The molecule has 1 amide bonds. The van der Waals surface area contributed by atoms with Crippen molar-refractivity contribution in [3.8, 4) is 0 Å². The van der Waals surface area contributed by atoms with Crippen molar-refractivity contribution in [3.63, 3.8) is 0 Å². The summed E-state index contributed by atoms with van der Waals surface area (Å²) in [5, 5.41) is 0.382. The second-order valence-electron chi connectivity index (χ2n) is 4.00. The van der Waals surface area contributed by atoms with E-state index in [0.717, 1.165) is 12.8 Å². The van der Waals surface area contributed by atoms with Crippen LogP contribution in [0.5, 0.6) is 0 Å². The Kier molecular flexibility index (Phi) is 3.37. The zero-order valence-corrected chi connectivity index (χ0v) is 10.3. The van der Waals surface area contributed by atoms with Gasteiger partial charge in [0.25, 0.3) is 5.56 Å². The number of nitrogens with one attached hydrogen (secondary N) is 1. The number of hydrogen-bond donors (Lipinski definition) is 2. The van der Waals surface area contributed by atoms with Gasteiger partial charge in [-0.1, -0.05) is 11.8 Å². The van der Waals surface area contributed by atoms with E-state index < -0.39 is 0 Å². The molecule has 1 aromatic rings. The summed E-state index contributed by atoms with van der Waals surface area (Å²) in [7, 11) is 1.80. The quantitative estimate of drug-likeness (QED) is 0.586. The third kappa shape index (κ3) is 3.23. The summed E-state index contributed by atoms with van der Waals surface area (Å²) < 4.78 is 0. The van der Waals surface area contributed by atoms with E-state index in [1.54, 1.807) is 11.9 Å². The summed E-state index contributed by atoms with van der Waals surface area (Å²) in [5.41, 5.74) is 5.14. The zero-order chi connectivity index (χ0) is 12.4. The van der Waals surface area contributed by atoms with Gasteiger partial charge in [0, 0.05) is 19.2 Å². The number of H-pyrrole nitrogens is 1. The van der Waals surface area contributed by atoms with Crippen molar-refractivity contribution in [3.05, 3.63) is 16.4 Å². The average molecular weight is 254 g/mol. The van der Waals surface area contributed by atoms with Crippen LogP contribution in [0.4, 0.5) is 5.82 Å². The molecule has 1 aromatic heterocycles. The molecule has 0 radical (unpaired) electrons. The summed E-state index contributed by atoms with van der Waals surface area (Å²) in [6.45, 7) is 0. The average Bonchev–Trinajstić information content (AvgIpc) is 3.07. The van der Waals surface area contributed by atoms with Gasteiger partial charge in [0.05, 0.1) is 5.75 Å². The highest BCUT2D eigenvalue weighted by Crippen LogP contribution is 2.26. The number of rotatable bonds is 4. The Morgan fingerprint density at radius 1 is 1.71 bits per heavy atom. The summed E-state index contributed by atoms with van der Waals surface area (Å²) in [4.78, 5) is 31.1. The predicted octanol–water partition coefficient (Wildman–Crippen LogP) is 0.0650. The van der Waals surface area contributed by atoms with Gasteiger partial charge >= 0.3 is 0 Å². The van der Waals surface area contributed by atoms with Crippen molar-refractivity contribution in [2.45, 2.75) is 24.0 Å². The molecule has 7 heteroatoms. The van der Waals surface area contributed by atoms with Crippen LogP contribution < -0.4 is 11.3 Å². The van der Waals surface area contributed by atoms with Crippen LogP contribution in [0.15, 0.2) is 16.0 Å². The molecule has 6 nitrogen and oxygen atoms in total. The van der Waals surface area contributed by atoms with Crippen molar-refractivity contribution < 1.29 is 4.79 Å². The fourth-order valence-electron chi connectivity index (χ4n) is 1.42. The molecule has 17 heavy (non-hydrogen) atoms. The van der Waals surface area contributed by atoms with Crippen molar-refractivity contribution in [2.24, 2.45) is 0 Å². The number of thioether (sulfide) groups is 1. The van der Waals surface area contributed by atoms with E-state index in [9.17, 15) is 9.59 Å². The lowest BCUT2D eigenvalue weighted by Crippen LogP contribution is -2.30. The summed E-state index contributed by atoms with van der Waals surface area (Å²) in [6.07, 6.45) is 2.17. The number of anilines is 1. The molecule has 1 heterocycles. The van der Waals surface area contributed by atoms with Gasteiger partial charge in [-0.25, -0.2) is 4.98 Å². The van der Waals surface area contributed by atoms with Crippen molar-refractivity contribution in [1.29, 1.82) is 0 Å². The van der Waals surface area contributed by atoms with E-state index >= 15 is 0 Å². The van der Waals surface area contributed by atoms with Crippen molar-refractivity contribution in [2.75, 3.05) is 18.5 Å². The highest BCUT2D eigenvalue weighted by Gasteiger charge is 2.29. The van der Waals surface area contributed by atoms with Gasteiger partial charge in [-0.05, 0) is 12.8 Å². The summed E-state index contributed by atoms with van der Waals surface area (Å²) in [6, 6.07) is 1.61. The fourth-order valence-corrected chi connectivity index (χ4v) is 2.23. The van der Waals surface area contributed by atoms with Gasteiger partial charge in [0.15, 0.2) is 5.16 Å². The molecule has 1 fully saturated rings. The Bertz CT molecular complexity index is 483. The maximum atomic E-state index is 11.7. The maximum absolute atomic E-state index is 11.7. The standard InChI is InChI=1S/C10H14N4O2S/c1-14(6-2-3-6)9(16)5-17-10-12-7(11)4-8(15)13-10/h4,6H,2-3,5H2,1H3,(H3,11,12,13,15). The highest BCUT2D eigenvalue weighted by molar-refractivity contribution is 7.99. The minimum atomic E-state index is -0.303. The first-order chi connectivity index (χ1) is 8.06. The van der Waals surface area contributed by atoms with E-state index in [-0.39, 0.29) is 23.0 Å². The smallest absolute Gasteiger partial charge is 0.253 e. The van der Waals surface area contributed by atoms with E-state index in [0.29, 0.717) is 11.2 Å². The topological polar surface area (TPSA) is 92.1 Å². The van der Waals surface area contributed by atoms with Gasteiger partial charge in [0.1, 0.15) is 5.82 Å². The number of nitrogen functional groups attached to an aromatic ring is 1. The van der Waals surface area contributed by atoms with Crippen LogP contribution >= 0.6 is 11.8 Å². The lowest BCUT2D eigenvalue weighted by Gasteiger charge is -2.15. The van der Waals surface area contributed by atoms with Gasteiger partial charge in [-0.15, -0.1) is 0 Å². The van der Waals surface area contributed by atoms with E-state index in [2.05, 4.69) is 9.97 Å². The molecule has 0 aromatic carbocycles. The second-order valence-corrected chi connectivity index (χ2v) is 4.96. The Labute approximate surface area is 103 Å². The van der Waals surface area contributed by atoms with Gasteiger partial charge in [-0.3, -0.25) is 9.59 Å². The number of carbonyl (C=O) groups is 1. The Morgan fingerprint density at radius 3 is 3.00 bits per heavy atom. The first-order valence-corrected chi connectivity index (χ1v) is 6.30. The third-order valence-corrected chi connectivity index (χ3v) is 3.42. The first-order valence-electron chi connectivity index (χ1n) is 5.31. The molecular formula is C10H14N4O2S. The van der Waals surface area contributed by atoms with Gasteiger partial charge < -0.3 is 15.6 Å². The molecule has 92 valence electrons. The molecule has 0 aliphatic heterocycles. The lowest BCUT2D eigenvalue weighted by molar-refractivity contribution is -0.127. The number of carbonyl (C=O) groups excluding carboxylic acids is 1. The van der Waals surface area contributed by atoms with Crippen LogP contribution in [0, 0.1) is 0 Å². The lowest BCUT2D eigenvalue weighted by atomic mass is 10.5. The van der Waals surface area contributed by atoms with Crippen molar-refractivity contribution in [1.82, 2.24) is 14.9 Å². The molecule has 0 unspecified atom stereocenters. The molecule has 1 saturated carbocycles. The van der Waals surface area contributed by atoms with Gasteiger partial charge in [0.2, 0.25) is 5.91 Å². The van der Waals surface area contributed by atoms with Crippen LogP contribution in [0.3, 0.4) is 0 Å². The van der Waals surface area contributed by atoms with Crippen LogP contribution in [-0.4, -0.2) is 39.6 Å². The van der Waals surface area contributed by atoms with E-state index in [1.165, 1.54) is 17.8 Å². The van der Waals surface area contributed by atoms with Crippen molar-refractivity contribution >= 4 is 23.5 Å². The van der Waals surface area contributed by atoms with Crippen LogP contribution in [0.2, 0.25) is 0 Å². The molecule has 2 rings (SSSR count). The summed E-state index contributed by atoms with van der Waals surface area (Å²) in [5.74, 6) is 0.473. The Hall–Kier alpha value is -1.50. The van der Waals surface area contributed by atoms with Crippen LogP contribution in [0.25, 0.3) is 0 Å². The molecule has 3 N–H and O–H groups in total. The molecule has 1 aliphatic rings. The molecule has 0 bridgehead atoms. The fraction of sp³-hybridized carbons (Fsp3) is 0.500. The minimum absolute atomic E-state index is 0.0440. The second kappa shape index (κ2) is 4.79. The molecule has 0 spiro atoms. The number of amides is 1. The number of nitrogens with two attached hydrogens (primary N) is 1. The normalized spacial score (nSPS) is 14.6. The van der Waals surface area contributed by atoms with Crippen LogP contribution in [-0.2, 0) is 4.79 Å². The number of nitrogens with zero attached hydrogens (tertiary/aromatic N) is 2. The molecule has 0 atom stereocenters. The highest BCUT2D eigenvalue weighted by atomic mass is 32.2. The molecular weight excluding hydrogens is 240 g/mol. The monoisotopic (exact) mass is 254 g/mol. The van der Waals surface area contributed by atoms with E-state index in [4.69, 9.17) is 5.73 Å². The maximum Gasteiger partial charge on any atom is 0.253 e. The Balaban J connectivity index is 1.92. The molecule has 0 saturated heterocycles. The Morgan fingerprint density at radius 2 is 2.41 bits per heavy atom. The first kappa shape index (κ1) is 12.0. The third-order valence-electron chi connectivity index (χ3n) is 2.56. The predicted molar refractivity (Wildman–Crippen MR) is 65.8 cm³/mol. The number of aromatic nitrogens is 2. The number of hydrogen-bond acceptors (Lipinski definition) is 5. The van der Waals surface area contributed by atoms with E-state index in [1.807, 2.05) is 0 Å².